The Balaban J connectivity index is 0.000000639. The second-order valence-corrected chi connectivity index (χ2v) is 4.80. The van der Waals surface area contributed by atoms with Crippen LogP contribution in [0, 0.1) is 5.53 Å². The Kier molecular flexibility index (Phi) is 7.01. The number of rotatable bonds is 1. The fourth-order valence-corrected chi connectivity index (χ4v) is 2.21. The van der Waals surface area contributed by atoms with Gasteiger partial charge in [-0.15, -0.1) is 5.53 Å². The van der Waals surface area contributed by atoms with Gasteiger partial charge in [-0.05, 0) is 28.7 Å². The first-order chi connectivity index (χ1) is 10.2. The van der Waals surface area contributed by atoms with Crippen LogP contribution >= 0.6 is 0 Å². The summed E-state index contributed by atoms with van der Waals surface area (Å²) in [6, 6.07) is 3.81. The summed E-state index contributed by atoms with van der Waals surface area (Å²) < 4.78 is 31.0. The van der Waals surface area contributed by atoms with E-state index in [1.807, 2.05) is 0 Å². The minimum atomic E-state index is -4.40. The van der Waals surface area contributed by atoms with E-state index in [9.17, 15) is 18.0 Å². The normalized spacial score (nSPS) is 11.7. The number of carbonyl (C=O) groups excluding carboxylic acids is 2. The van der Waals surface area contributed by atoms with Gasteiger partial charge in [0, 0.05) is 11.1 Å². The molecule has 1 aliphatic rings. The smallest absolute Gasteiger partial charge is 0.295 e. The van der Waals surface area contributed by atoms with Crippen LogP contribution in [-0.2, 0) is 14.9 Å². The fourth-order valence-electron chi connectivity index (χ4n) is 1.51. The lowest BCUT2D eigenvalue weighted by Gasteiger charge is -2.10. The molecule has 0 heterocycles. The van der Waals surface area contributed by atoms with Crippen LogP contribution in [0.4, 0.5) is 0 Å². The minimum Gasteiger partial charge on any atom is -0.373 e. The maximum atomic E-state index is 11.4. The van der Waals surface area contributed by atoms with Crippen molar-refractivity contribution in [3.63, 3.8) is 0 Å². The zero-order chi connectivity index (χ0) is 17.3. The number of benzene rings is 1. The van der Waals surface area contributed by atoms with Crippen LogP contribution in [0.1, 0.15) is 15.9 Å². The maximum absolute atomic E-state index is 11.4. The molecule has 1 aromatic carbocycles. The summed E-state index contributed by atoms with van der Waals surface area (Å²) in [6.07, 6.45) is 2.20. The molecular weight excluding hydrogens is 316 g/mol. The molecule has 0 aromatic heterocycles. The molecule has 22 heavy (non-hydrogen) atoms. The third-order valence-electron chi connectivity index (χ3n) is 2.21. The zero-order valence-electron chi connectivity index (χ0n) is 10.6. The number of ketones is 2. The van der Waals surface area contributed by atoms with Crippen molar-refractivity contribution in [3.8, 4) is 0 Å². The van der Waals surface area contributed by atoms with Gasteiger partial charge in [0.05, 0.1) is 0 Å². The number of nitrogens with zero attached hydrogens (tertiary/aromatic N) is 5. The molecule has 1 aromatic rings. The molecule has 1 aliphatic carbocycles. The average Bonchev–Trinajstić information content (AvgIpc) is 2.43. The van der Waals surface area contributed by atoms with E-state index in [1.165, 1.54) is 29.2 Å². The molecule has 0 fully saturated rings. The van der Waals surface area contributed by atoms with Crippen molar-refractivity contribution in [2.45, 2.75) is 4.90 Å². The summed E-state index contributed by atoms with van der Waals surface area (Å²) in [7, 11) is -4.40. The minimum absolute atomic E-state index is 0.0115. The third-order valence-corrected chi connectivity index (χ3v) is 3.13. The molecule has 0 aliphatic heterocycles. The molecule has 11 nitrogen and oxygen atoms in total. The monoisotopic (exact) mass is 323 g/mol. The number of carbonyl (C=O) groups is 2. The van der Waals surface area contributed by atoms with E-state index in [1.54, 1.807) is 4.91 Å². The maximum Gasteiger partial charge on any atom is 0.295 e. The van der Waals surface area contributed by atoms with Gasteiger partial charge in [-0.25, -0.2) is 0 Å². The highest BCUT2D eigenvalue weighted by Gasteiger charge is 2.25. The molecule has 0 unspecified atom stereocenters. The fraction of sp³-hybridized carbons (Fsp3) is 0. The SMILES string of the molecule is O=C1C=Cc2c(cccc2S(=O)(=O)O)C1=O.[N-]=[N+]=N.[N-]=[N+]=[N-]. The first-order valence-electron chi connectivity index (χ1n) is 5.11. The van der Waals surface area contributed by atoms with Gasteiger partial charge in [-0.1, -0.05) is 12.1 Å². The summed E-state index contributed by atoms with van der Waals surface area (Å²) in [5, 5.41) is 0. The Labute approximate surface area is 123 Å². The first kappa shape index (κ1) is 18.8. The number of hydrogen-bond donors (Lipinski definition) is 2. The third kappa shape index (κ3) is 4.74. The standard InChI is InChI=1S/C10H6O5S.HN3.N3/c11-8-5-4-6-7(10(8)12)2-1-3-9(6)16(13,14)15;2*1-3-2/h1-5H,(H,13,14,15);1H;/q;;-1. The van der Waals surface area contributed by atoms with Gasteiger partial charge in [0.15, 0.2) is 0 Å². The molecule has 0 radical (unpaired) electrons. The van der Waals surface area contributed by atoms with Crippen molar-refractivity contribution in [1.29, 1.82) is 5.53 Å². The highest BCUT2D eigenvalue weighted by molar-refractivity contribution is 7.86. The molecule has 0 amide bonds. The van der Waals surface area contributed by atoms with Crippen LogP contribution in [0.5, 0.6) is 0 Å². The molecule has 0 atom stereocenters. The van der Waals surface area contributed by atoms with Crippen molar-refractivity contribution in [1.82, 2.24) is 0 Å². The molecule has 0 bridgehead atoms. The van der Waals surface area contributed by atoms with Crippen molar-refractivity contribution in [2.75, 3.05) is 0 Å². The van der Waals surface area contributed by atoms with Gasteiger partial charge >= 0.3 is 0 Å². The van der Waals surface area contributed by atoms with Gasteiger partial charge in [0.25, 0.3) is 10.1 Å². The highest BCUT2D eigenvalue weighted by Crippen LogP contribution is 2.24. The Morgan fingerprint density at radius 2 is 1.59 bits per heavy atom. The second kappa shape index (κ2) is 8.19. The van der Waals surface area contributed by atoms with E-state index in [4.69, 9.17) is 26.7 Å². The van der Waals surface area contributed by atoms with Crippen LogP contribution in [0.3, 0.4) is 0 Å². The largest absolute Gasteiger partial charge is 0.373 e. The molecule has 2 N–H and O–H groups in total. The number of allylic oxidation sites excluding steroid dienone is 1. The van der Waals surface area contributed by atoms with E-state index < -0.39 is 21.7 Å². The highest BCUT2D eigenvalue weighted by atomic mass is 32.2. The van der Waals surface area contributed by atoms with E-state index >= 15 is 0 Å². The lowest BCUT2D eigenvalue weighted by Crippen LogP contribution is -2.18. The van der Waals surface area contributed by atoms with Crippen molar-refractivity contribution in [2.24, 2.45) is 0 Å². The summed E-state index contributed by atoms with van der Waals surface area (Å²) in [4.78, 5) is 25.4. The summed E-state index contributed by atoms with van der Waals surface area (Å²) >= 11 is 0. The molecule has 12 heteroatoms. The number of hydrogen-bond acceptors (Lipinski definition) is 5. The molecule has 114 valence electrons. The van der Waals surface area contributed by atoms with Crippen molar-refractivity contribution < 1.29 is 22.6 Å². The van der Waals surface area contributed by atoms with E-state index in [2.05, 4.69) is 0 Å². The molecule has 0 spiro atoms. The lowest BCUT2D eigenvalue weighted by molar-refractivity contribution is -0.110. The Morgan fingerprint density at radius 1 is 1.09 bits per heavy atom. The molecule has 0 saturated heterocycles. The quantitative estimate of drug-likeness (QED) is 0.261. The van der Waals surface area contributed by atoms with Gasteiger partial charge in [0.1, 0.15) is 4.90 Å². The van der Waals surface area contributed by atoms with Crippen LogP contribution in [0.25, 0.3) is 32.5 Å². The number of fused-ring (bicyclic) bond motifs is 1. The molecule has 0 saturated carbocycles. The zero-order valence-corrected chi connectivity index (χ0v) is 11.4. The van der Waals surface area contributed by atoms with Gasteiger partial charge in [-0.3, -0.25) is 19.1 Å². The summed E-state index contributed by atoms with van der Waals surface area (Å²) in [5.41, 5.74) is 25.8. The van der Waals surface area contributed by atoms with Crippen molar-refractivity contribution >= 4 is 27.8 Å². The van der Waals surface area contributed by atoms with Crippen LogP contribution < -0.4 is 0 Å². The Morgan fingerprint density at radius 3 is 2.05 bits per heavy atom. The Hall–Kier alpha value is -3.17. The molecule has 2 rings (SSSR count). The van der Waals surface area contributed by atoms with Gasteiger partial charge in [0.2, 0.25) is 11.6 Å². The lowest BCUT2D eigenvalue weighted by atomic mass is 9.95. The van der Waals surface area contributed by atoms with E-state index in [-0.39, 0.29) is 16.0 Å². The number of Topliss-reactive ketones (excluding diaryl/α,β-unsaturated/α-hetero) is 1. The predicted molar refractivity (Wildman–Crippen MR) is 74.1 cm³/mol. The first-order valence-corrected chi connectivity index (χ1v) is 6.55. The van der Waals surface area contributed by atoms with Gasteiger partial charge < -0.3 is 11.1 Å². The van der Waals surface area contributed by atoms with E-state index in [0.29, 0.717) is 0 Å². The van der Waals surface area contributed by atoms with Crippen LogP contribution in [0.15, 0.2) is 29.2 Å². The second-order valence-electron chi connectivity index (χ2n) is 3.41. The van der Waals surface area contributed by atoms with Gasteiger partial charge in [-0.2, -0.15) is 8.42 Å². The summed E-state index contributed by atoms with van der Waals surface area (Å²) in [6.45, 7) is 0. The number of nitrogens with one attached hydrogen (secondary N) is 1. The Bertz CT molecular complexity index is 789. The molecular formula is C10H7N6O5S-. The topological polar surface area (TPSA) is 207 Å². The van der Waals surface area contributed by atoms with Crippen molar-refractivity contribution in [3.05, 3.63) is 61.8 Å². The van der Waals surface area contributed by atoms with Crippen LogP contribution in [0.2, 0.25) is 0 Å². The predicted octanol–water partition coefficient (Wildman–Crippen LogP) is 2.45. The average molecular weight is 323 g/mol. The summed E-state index contributed by atoms with van der Waals surface area (Å²) in [5.74, 6) is -1.48. The van der Waals surface area contributed by atoms with Crippen LogP contribution in [-0.4, -0.2) is 24.5 Å². The van der Waals surface area contributed by atoms with E-state index in [0.717, 1.165) is 6.08 Å².